The molecule has 0 radical (unpaired) electrons. The number of carbonyl (C=O) groups is 2. The highest BCUT2D eigenvalue weighted by Gasteiger charge is 2.27. The number of thiazole rings is 1. The molecule has 0 bridgehead atoms. The molecule has 1 fully saturated rings. The Balaban J connectivity index is 1.58. The molecule has 2 heterocycles. The molecule has 30 heavy (non-hydrogen) atoms. The van der Waals surface area contributed by atoms with E-state index >= 15 is 0 Å². The summed E-state index contributed by atoms with van der Waals surface area (Å²) in [5.74, 6) is 0.315. The lowest BCUT2D eigenvalue weighted by Gasteiger charge is -2.22. The van der Waals surface area contributed by atoms with Crippen molar-refractivity contribution in [3.05, 3.63) is 58.9 Å². The Bertz CT molecular complexity index is 963. The first-order chi connectivity index (χ1) is 14.6. The lowest BCUT2D eigenvalue weighted by molar-refractivity contribution is -0.118. The molecule has 156 valence electrons. The van der Waals surface area contributed by atoms with Gasteiger partial charge in [0.25, 0.3) is 0 Å². The van der Waals surface area contributed by atoms with Gasteiger partial charge in [0.2, 0.25) is 11.8 Å². The van der Waals surface area contributed by atoms with E-state index in [1.165, 1.54) is 48.4 Å². The lowest BCUT2D eigenvalue weighted by Crippen LogP contribution is -2.24. The van der Waals surface area contributed by atoms with E-state index in [0.29, 0.717) is 11.0 Å². The second kappa shape index (κ2) is 9.53. The molecule has 0 aliphatic heterocycles. The molecule has 1 aliphatic rings. The molecule has 1 saturated carbocycles. The van der Waals surface area contributed by atoms with Gasteiger partial charge in [-0.15, -0.1) is 22.7 Å². The van der Waals surface area contributed by atoms with Crippen LogP contribution in [0.4, 0.5) is 15.8 Å². The van der Waals surface area contributed by atoms with Gasteiger partial charge in [0, 0.05) is 24.2 Å². The zero-order valence-electron chi connectivity index (χ0n) is 16.9. The Morgan fingerprint density at radius 2 is 1.90 bits per heavy atom. The summed E-state index contributed by atoms with van der Waals surface area (Å²) in [6.45, 7) is 1.57. The first-order valence-corrected chi connectivity index (χ1v) is 12.0. The fourth-order valence-electron chi connectivity index (χ4n) is 4.17. The molecule has 1 aromatic carbocycles. The van der Waals surface area contributed by atoms with Gasteiger partial charge in [0.1, 0.15) is 5.00 Å². The van der Waals surface area contributed by atoms with Crippen LogP contribution in [0.25, 0.3) is 0 Å². The van der Waals surface area contributed by atoms with Crippen molar-refractivity contribution in [2.75, 3.05) is 10.2 Å². The van der Waals surface area contributed by atoms with E-state index in [4.69, 9.17) is 0 Å². The summed E-state index contributed by atoms with van der Waals surface area (Å²) in [5, 5.41) is 8.32. The van der Waals surface area contributed by atoms with Crippen LogP contribution in [0.1, 0.15) is 50.5 Å². The fraction of sp³-hybridized carbons (Fsp3) is 0.348. The molecule has 3 aromatic rings. The molecule has 2 amide bonds. The zero-order valence-corrected chi connectivity index (χ0v) is 18.5. The van der Waals surface area contributed by atoms with E-state index in [-0.39, 0.29) is 17.7 Å². The van der Waals surface area contributed by atoms with Crippen molar-refractivity contribution in [1.29, 1.82) is 0 Å². The molecule has 1 aliphatic carbocycles. The van der Waals surface area contributed by atoms with E-state index in [1.807, 2.05) is 47.2 Å². The van der Waals surface area contributed by atoms with Crippen LogP contribution in [0.15, 0.2) is 53.4 Å². The van der Waals surface area contributed by atoms with Gasteiger partial charge >= 0.3 is 0 Å². The molecule has 2 aromatic heterocycles. The van der Waals surface area contributed by atoms with Crippen LogP contribution in [0.2, 0.25) is 0 Å². The predicted molar refractivity (Wildman–Crippen MR) is 124 cm³/mol. The van der Waals surface area contributed by atoms with Gasteiger partial charge in [-0.05, 0) is 47.5 Å². The van der Waals surface area contributed by atoms with Crippen molar-refractivity contribution in [1.82, 2.24) is 4.98 Å². The van der Waals surface area contributed by atoms with Crippen molar-refractivity contribution >= 4 is 50.3 Å². The highest BCUT2D eigenvalue weighted by Crippen LogP contribution is 2.36. The van der Waals surface area contributed by atoms with Gasteiger partial charge in [-0.1, -0.05) is 37.8 Å². The van der Waals surface area contributed by atoms with Gasteiger partial charge in [-0.2, -0.15) is 0 Å². The minimum absolute atomic E-state index is 0.00807. The Kier molecular flexibility index (Phi) is 6.59. The summed E-state index contributed by atoms with van der Waals surface area (Å²) in [5.41, 5.74) is 1.79. The zero-order chi connectivity index (χ0) is 20.9. The standard InChI is InChI=1S/C23H25N3O2S2/c1-16(27)26(21-7-4-13-29-21)19-10-8-18(9-11-19)20(15-17-5-2-3-6-17)22(28)25-23-24-12-14-30-23/h4,7-14,17,20H,2-3,5-6,15H2,1H3,(H,24,25,28). The lowest BCUT2D eigenvalue weighted by atomic mass is 9.87. The average molecular weight is 440 g/mol. The van der Waals surface area contributed by atoms with Crippen molar-refractivity contribution in [2.24, 2.45) is 5.92 Å². The van der Waals surface area contributed by atoms with Crippen molar-refractivity contribution in [3.8, 4) is 0 Å². The highest BCUT2D eigenvalue weighted by molar-refractivity contribution is 7.14. The summed E-state index contributed by atoms with van der Waals surface area (Å²) < 4.78 is 0. The topological polar surface area (TPSA) is 62.3 Å². The number of anilines is 3. The SMILES string of the molecule is CC(=O)N(c1ccc(C(CC2CCCC2)C(=O)Nc2nccs2)cc1)c1cccs1. The summed E-state index contributed by atoms with van der Waals surface area (Å²) in [4.78, 5) is 31.2. The van der Waals surface area contributed by atoms with Gasteiger partial charge in [-0.25, -0.2) is 4.98 Å². The first-order valence-electron chi connectivity index (χ1n) is 10.3. The molecule has 4 rings (SSSR count). The van der Waals surface area contributed by atoms with E-state index in [9.17, 15) is 9.59 Å². The summed E-state index contributed by atoms with van der Waals surface area (Å²) in [6.07, 6.45) is 7.42. The third-order valence-corrected chi connectivity index (χ3v) is 7.16. The molecule has 1 unspecified atom stereocenters. The van der Waals surface area contributed by atoms with Gasteiger partial charge in [-0.3, -0.25) is 14.5 Å². The minimum atomic E-state index is -0.224. The Morgan fingerprint density at radius 3 is 2.50 bits per heavy atom. The number of thiophene rings is 1. The number of nitrogens with one attached hydrogen (secondary N) is 1. The van der Waals surface area contributed by atoms with Crippen LogP contribution >= 0.6 is 22.7 Å². The highest BCUT2D eigenvalue weighted by atomic mass is 32.1. The third-order valence-electron chi connectivity index (χ3n) is 5.62. The molecule has 0 spiro atoms. The molecule has 5 nitrogen and oxygen atoms in total. The molecular formula is C23H25N3O2S2. The number of hydrogen-bond acceptors (Lipinski definition) is 5. The van der Waals surface area contributed by atoms with E-state index in [1.54, 1.807) is 18.0 Å². The number of aromatic nitrogens is 1. The minimum Gasteiger partial charge on any atom is -0.301 e. The predicted octanol–water partition coefficient (Wildman–Crippen LogP) is 6.19. The van der Waals surface area contributed by atoms with Gasteiger partial charge < -0.3 is 5.32 Å². The maximum absolute atomic E-state index is 13.1. The van der Waals surface area contributed by atoms with Gasteiger partial charge in [0.15, 0.2) is 5.13 Å². The van der Waals surface area contributed by atoms with Crippen LogP contribution in [0.5, 0.6) is 0 Å². The fourth-order valence-corrected chi connectivity index (χ4v) is 5.49. The largest absolute Gasteiger partial charge is 0.301 e. The summed E-state index contributed by atoms with van der Waals surface area (Å²) in [6, 6.07) is 11.7. The van der Waals surface area contributed by atoms with E-state index in [0.717, 1.165) is 22.7 Å². The summed E-state index contributed by atoms with van der Waals surface area (Å²) >= 11 is 2.96. The number of amides is 2. The Hall–Kier alpha value is -2.51. The maximum atomic E-state index is 13.1. The molecule has 7 heteroatoms. The monoisotopic (exact) mass is 439 g/mol. The normalized spacial score (nSPS) is 15.1. The van der Waals surface area contributed by atoms with Crippen molar-refractivity contribution in [2.45, 2.75) is 44.9 Å². The van der Waals surface area contributed by atoms with Crippen LogP contribution in [0, 0.1) is 5.92 Å². The van der Waals surface area contributed by atoms with Gasteiger partial charge in [0.05, 0.1) is 5.92 Å². The molecule has 0 saturated heterocycles. The van der Waals surface area contributed by atoms with Crippen LogP contribution in [-0.4, -0.2) is 16.8 Å². The van der Waals surface area contributed by atoms with Crippen LogP contribution < -0.4 is 10.2 Å². The average Bonchev–Trinajstić information content (AvgIpc) is 3.51. The van der Waals surface area contributed by atoms with E-state index in [2.05, 4.69) is 10.3 Å². The Morgan fingerprint density at radius 1 is 1.13 bits per heavy atom. The Labute approximate surface area is 184 Å². The maximum Gasteiger partial charge on any atom is 0.233 e. The quantitative estimate of drug-likeness (QED) is 0.477. The molecular weight excluding hydrogens is 414 g/mol. The number of nitrogens with zero attached hydrogens (tertiary/aromatic N) is 2. The summed E-state index contributed by atoms with van der Waals surface area (Å²) in [7, 11) is 0. The number of carbonyl (C=O) groups excluding carboxylic acids is 2. The first kappa shape index (κ1) is 20.8. The number of rotatable bonds is 7. The van der Waals surface area contributed by atoms with Crippen LogP contribution in [0.3, 0.4) is 0 Å². The van der Waals surface area contributed by atoms with Crippen molar-refractivity contribution < 1.29 is 9.59 Å². The smallest absolute Gasteiger partial charge is 0.233 e. The van der Waals surface area contributed by atoms with E-state index < -0.39 is 0 Å². The third kappa shape index (κ3) is 4.79. The molecule has 1 atom stereocenters. The van der Waals surface area contributed by atoms with Crippen molar-refractivity contribution in [3.63, 3.8) is 0 Å². The molecule has 1 N–H and O–H groups in total. The second-order valence-corrected chi connectivity index (χ2v) is 9.48. The van der Waals surface area contributed by atoms with Crippen LogP contribution in [-0.2, 0) is 9.59 Å². The second-order valence-electron chi connectivity index (χ2n) is 7.66. The number of benzene rings is 1. The number of hydrogen-bond donors (Lipinski definition) is 1.